The van der Waals surface area contributed by atoms with Gasteiger partial charge in [-0.25, -0.2) is 0 Å². The standard InChI is InChI=1S/C19H30N2/c1-2-20-18(14-15-8-4-3-5-9-15)17-12-6-10-16-11-7-13-21-19(16)17/h7,11,13,15,17-18,20H,2-6,8-10,12,14H2,1H3. The van der Waals surface area contributed by atoms with E-state index in [1.54, 1.807) is 0 Å². The lowest BCUT2D eigenvalue weighted by molar-refractivity contribution is 0.268. The van der Waals surface area contributed by atoms with Crippen molar-refractivity contribution in [2.24, 2.45) is 5.92 Å². The first kappa shape index (κ1) is 15.0. The van der Waals surface area contributed by atoms with Crippen LogP contribution in [0.3, 0.4) is 0 Å². The third-order valence-corrected chi connectivity index (χ3v) is 5.50. The van der Waals surface area contributed by atoms with Crippen LogP contribution in [0.1, 0.15) is 75.5 Å². The number of nitrogens with one attached hydrogen (secondary N) is 1. The summed E-state index contributed by atoms with van der Waals surface area (Å²) in [6, 6.07) is 5.02. The molecule has 1 aromatic rings. The molecule has 0 radical (unpaired) electrons. The third-order valence-electron chi connectivity index (χ3n) is 5.50. The van der Waals surface area contributed by atoms with Gasteiger partial charge >= 0.3 is 0 Å². The lowest BCUT2D eigenvalue weighted by atomic mass is 9.76. The monoisotopic (exact) mass is 286 g/mol. The van der Waals surface area contributed by atoms with Crippen LogP contribution in [0, 0.1) is 5.92 Å². The van der Waals surface area contributed by atoms with Crippen LogP contribution in [0.4, 0.5) is 0 Å². The van der Waals surface area contributed by atoms with Crippen LogP contribution in [0.15, 0.2) is 18.3 Å². The van der Waals surface area contributed by atoms with Gasteiger partial charge in [0.25, 0.3) is 0 Å². The SMILES string of the molecule is CCNC(CC1CCCCC1)C1CCCc2cccnc21. The second-order valence-corrected chi connectivity index (χ2v) is 6.95. The number of rotatable bonds is 5. The lowest BCUT2D eigenvalue weighted by Crippen LogP contribution is -2.38. The Morgan fingerprint density at radius 1 is 1.19 bits per heavy atom. The normalized spacial score (nSPS) is 24.5. The largest absolute Gasteiger partial charge is 0.314 e. The predicted octanol–water partition coefficient (Wildman–Crippen LogP) is 4.45. The zero-order valence-corrected chi connectivity index (χ0v) is 13.5. The highest BCUT2D eigenvalue weighted by molar-refractivity contribution is 5.27. The highest BCUT2D eigenvalue weighted by atomic mass is 14.9. The second-order valence-electron chi connectivity index (χ2n) is 6.95. The maximum Gasteiger partial charge on any atom is 0.0481 e. The molecule has 2 aliphatic rings. The predicted molar refractivity (Wildman–Crippen MR) is 88.6 cm³/mol. The number of nitrogens with zero attached hydrogens (tertiary/aromatic N) is 1. The minimum absolute atomic E-state index is 0.632. The number of aromatic nitrogens is 1. The molecule has 1 aromatic heterocycles. The molecule has 0 aromatic carbocycles. The molecule has 2 aliphatic carbocycles. The minimum atomic E-state index is 0.632. The van der Waals surface area contributed by atoms with Crippen molar-refractivity contribution < 1.29 is 0 Å². The van der Waals surface area contributed by atoms with Crippen molar-refractivity contribution in [1.82, 2.24) is 10.3 Å². The molecular formula is C19H30N2. The van der Waals surface area contributed by atoms with E-state index < -0.39 is 0 Å². The number of hydrogen-bond donors (Lipinski definition) is 1. The summed E-state index contributed by atoms with van der Waals surface area (Å²) < 4.78 is 0. The molecule has 1 heterocycles. The average Bonchev–Trinajstić information content (AvgIpc) is 2.55. The maximum atomic E-state index is 4.76. The molecule has 116 valence electrons. The van der Waals surface area contributed by atoms with Gasteiger partial charge in [-0.05, 0) is 49.8 Å². The molecule has 21 heavy (non-hydrogen) atoms. The molecule has 2 atom stereocenters. The number of pyridine rings is 1. The van der Waals surface area contributed by atoms with Gasteiger partial charge in [0.1, 0.15) is 0 Å². The molecule has 0 spiro atoms. The van der Waals surface area contributed by atoms with Gasteiger partial charge in [-0.15, -0.1) is 0 Å². The van der Waals surface area contributed by atoms with Crippen LogP contribution >= 0.6 is 0 Å². The minimum Gasteiger partial charge on any atom is -0.314 e. The number of aryl methyl sites for hydroxylation is 1. The Morgan fingerprint density at radius 2 is 2.05 bits per heavy atom. The number of fused-ring (bicyclic) bond motifs is 1. The summed E-state index contributed by atoms with van der Waals surface area (Å²) in [6.07, 6.45) is 14.5. The Kier molecular flexibility index (Phi) is 5.29. The second kappa shape index (κ2) is 7.40. The summed E-state index contributed by atoms with van der Waals surface area (Å²) in [5.41, 5.74) is 2.89. The Labute approximate surface area is 129 Å². The summed E-state index contributed by atoms with van der Waals surface area (Å²) >= 11 is 0. The van der Waals surface area contributed by atoms with Gasteiger partial charge in [0.05, 0.1) is 0 Å². The zero-order valence-electron chi connectivity index (χ0n) is 13.5. The van der Waals surface area contributed by atoms with E-state index in [-0.39, 0.29) is 0 Å². The molecule has 0 amide bonds. The molecule has 1 N–H and O–H groups in total. The first-order chi connectivity index (χ1) is 10.4. The smallest absolute Gasteiger partial charge is 0.0481 e. The highest BCUT2D eigenvalue weighted by Crippen LogP contribution is 2.37. The summed E-state index contributed by atoms with van der Waals surface area (Å²) in [6.45, 7) is 3.33. The van der Waals surface area contributed by atoms with E-state index in [0.29, 0.717) is 12.0 Å². The van der Waals surface area contributed by atoms with Crippen LogP contribution in [0.5, 0.6) is 0 Å². The summed E-state index contributed by atoms with van der Waals surface area (Å²) in [5, 5.41) is 3.80. The van der Waals surface area contributed by atoms with Gasteiger partial charge in [-0.1, -0.05) is 45.1 Å². The molecular weight excluding hydrogens is 256 g/mol. The molecule has 1 fully saturated rings. The summed E-state index contributed by atoms with van der Waals surface area (Å²) in [4.78, 5) is 4.76. The molecule has 3 rings (SSSR count). The molecule has 2 nitrogen and oxygen atoms in total. The van der Waals surface area contributed by atoms with Gasteiger partial charge in [-0.2, -0.15) is 0 Å². The van der Waals surface area contributed by atoms with Crippen molar-refractivity contribution in [3.05, 3.63) is 29.6 Å². The van der Waals surface area contributed by atoms with Crippen LogP contribution < -0.4 is 5.32 Å². The Bertz CT molecular complexity index is 437. The van der Waals surface area contributed by atoms with Gasteiger partial charge < -0.3 is 5.32 Å². The highest BCUT2D eigenvalue weighted by Gasteiger charge is 2.30. The number of hydrogen-bond acceptors (Lipinski definition) is 2. The fourth-order valence-corrected chi connectivity index (χ4v) is 4.47. The molecule has 0 aliphatic heterocycles. The maximum absolute atomic E-state index is 4.76. The van der Waals surface area contributed by atoms with Gasteiger partial charge in [0, 0.05) is 23.9 Å². The van der Waals surface area contributed by atoms with Gasteiger partial charge in [0.15, 0.2) is 0 Å². The van der Waals surface area contributed by atoms with Crippen molar-refractivity contribution >= 4 is 0 Å². The first-order valence-corrected chi connectivity index (χ1v) is 9.05. The van der Waals surface area contributed by atoms with Crippen molar-refractivity contribution in [3.63, 3.8) is 0 Å². The van der Waals surface area contributed by atoms with Crippen molar-refractivity contribution in [1.29, 1.82) is 0 Å². The van der Waals surface area contributed by atoms with E-state index in [9.17, 15) is 0 Å². The third kappa shape index (κ3) is 3.66. The average molecular weight is 286 g/mol. The molecule has 0 bridgehead atoms. The quantitative estimate of drug-likeness (QED) is 0.865. The Hall–Kier alpha value is -0.890. The van der Waals surface area contributed by atoms with Crippen molar-refractivity contribution in [3.8, 4) is 0 Å². The van der Waals surface area contributed by atoms with Crippen molar-refractivity contribution in [2.45, 2.75) is 76.7 Å². The fourth-order valence-electron chi connectivity index (χ4n) is 4.47. The molecule has 2 unspecified atom stereocenters. The van der Waals surface area contributed by atoms with Gasteiger partial charge in [0.2, 0.25) is 0 Å². The van der Waals surface area contributed by atoms with E-state index in [1.165, 1.54) is 69.0 Å². The fraction of sp³-hybridized carbons (Fsp3) is 0.737. The molecule has 2 heteroatoms. The van der Waals surface area contributed by atoms with Crippen LogP contribution in [0.2, 0.25) is 0 Å². The van der Waals surface area contributed by atoms with E-state index in [0.717, 1.165) is 12.5 Å². The summed E-state index contributed by atoms with van der Waals surface area (Å²) in [7, 11) is 0. The van der Waals surface area contributed by atoms with Gasteiger partial charge in [-0.3, -0.25) is 4.98 Å². The van der Waals surface area contributed by atoms with E-state index in [1.807, 2.05) is 6.20 Å². The van der Waals surface area contributed by atoms with Crippen LogP contribution in [-0.2, 0) is 6.42 Å². The van der Waals surface area contributed by atoms with E-state index >= 15 is 0 Å². The topological polar surface area (TPSA) is 24.9 Å². The number of likely N-dealkylation sites (N-methyl/N-ethyl adjacent to an activating group) is 1. The summed E-state index contributed by atoms with van der Waals surface area (Å²) in [5.74, 6) is 1.58. The van der Waals surface area contributed by atoms with E-state index in [4.69, 9.17) is 4.98 Å². The van der Waals surface area contributed by atoms with E-state index in [2.05, 4.69) is 24.4 Å². The Balaban J connectivity index is 1.74. The van der Waals surface area contributed by atoms with Crippen molar-refractivity contribution in [2.75, 3.05) is 6.54 Å². The lowest BCUT2D eigenvalue weighted by Gasteiger charge is -2.35. The molecule has 0 saturated heterocycles. The zero-order chi connectivity index (χ0) is 14.5. The molecule has 1 saturated carbocycles. The Morgan fingerprint density at radius 3 is 2.86 bits per heavy atom. The van der Waals surface area contributed by atoms with Crippen LogP contribution in [-0.4, -0.2) is 17.6 Å². The first-order valence-electron chi connectivity index (χ1n) is 9.05. The van der Waals surface area contributed by atoms with Crippen LogP contribution in [0.25, 0.3) is 0 Å².